The summed E-state index contributed by atoms with van der Waals surface area (Å²) >= 11 is 1.12. The first-order valence-corrected chi connectivity index (χ1v) is 8.57. The van der Waals surface area contributed by atoms with Crippen LogP contribution in [0.3, 0.4) is 0 Å². The Morgan fingerprint density at radius 2 is 1.85 bits per heavy atom. The van der Waals surface area contributed by atoms with Gasteiger partial charge in [0.1, 0.15) is 0 Å². The second kappa shape index (κ2) is 8.08. The van der Waals surface area contributed by atoms with Crippen molar-refractivity contribution in [3.05, 3.63) is 54.0 Å². The highest BCUT2D eigenvalue weighted by Crippen LogP contribution is 2.19. The van der Waals surface area contributed by atoms with E-state index in [1.54, 1.807) is 28.8 Å². The van der Waals surface area contributed by atoms with Gasteiger partial charge in [-0.1, -0.05) is 17.8 Å². The molecule has 0 aliphatic carbocycles. The molecule has 3 rings (SSSR count). The Morgan fingerprint density at radius 3 is 2.67 bits per heavy atom. The lowest BCUT2D eigenvalue weighted by atomic mass is 10.2. The van der Waals surface area contributed by atoms with Gasteiger partial charge in [0.2, 0.25) is 11.8 Å². The second-order valence-corrected chi connectivity index (χ2v) is 6.19. The molecule has 140 valence electrons. The van der Waals surface area contributed by atoms with Crippen LogP contribution < -0.4 is 10.6 Å². The van der Waals surface area contributed by atoms with E-state index in [0.717, 1.165) is 17.8 Å². The number of benzene rings is 1. The Balaban J connectivity index is 1.49. The summed E-state index contributed by atoms with van der Waals surface area (Å²) in [5.41, 5.74) is 0.116. The number of hydrogen-bond acceptors (Lipinski definition) is 5. The number of hydrogen-bond donors (Lipinski definition) is 2. The summed E-state index contributed by atoms with van der Waals surface area (Å²) in [4.78, 5) is 23.6. The molecule has 27 heavy (non-hydrogen) atoms. The predicted octanol–water partition coefficient (Wildman–Crippen LogP) is 1.99. The van der Waals surface area contributed by atoms with E-state index in [4.69, 9.17) is 0 Å². The fourth-order valence-corrected chi connectivity index (χ4v) is 2.85. The fraction of sp³-hybridized carbons (Fsp3) is 0.125. The highest BCUT2D eigenvalue weighted by atomic mass is 32.2. The molecule has 0 spiro atoms. The first kappa shape index (κ1) is 18.7. The van der Waals surface area contributed by atoms with Gasteiger partial charge < -0.3 is 10.6 Å². The Kier molecular flexibility index (Phi) is 5.60. The SMILES string of the molecule is O=C(CSc1nnc2ccccn12)NCC(=O)Nc1ccc(F)c(F)c1F. The number of nitrogens with zero attached hydrogens (tertiary/aromatic N) is 3. The van der Waals surface area contributed by atoms with E-state index < -0.39 is 41.5 Å². The van der Waals surface area contributed by atoms with Crippen LogP contribution in [0.15, 0.2) is 41.7 Å². The highest BCUT2D eigenvalue weighted by molar-refractivity contribution is 7.99. The lowest BCUT2D eigenvalue weighted by molar-refractivity contribution is -0.122. The van der Waals surface area contributed by atoms with Gasteiger partial charge in [-0.15, -0.1) is 10.2 Å². The Bertz CT molecular complexity index is 1010. The van der Waals surface area contributed by atoms with Crippen molar-refractivity contribution in [3.8, 4) is 0 Å². The summed E-state index contributed by atoms with van der Waals surface area (Å²) in [6.07, 6.45) is 1.75. The quantitative estimate of drug-likeness (QED) is 0.492. The molecule has 0 aliphatic rings. The number of carbonyl (C=O) groups excluding carboxylic acids is 2. The van der Waals surface area contributed by atoms with Gasteiger partial charge in [-0.25, -0.2) is 13.2 Å². The van der Waals surface area contributed by atoms with E-state index in [-0.39, 0.29) is 5.75 Å². The summed E-state index contributed by atoms with van der Waals surface area (Å²) < 4.78 is 41.2. The number of anilines is 1. The minimum atomic E-state index is -1.69. The molecule has 7 nitrogen and oxygen atoms in total. The number of amides is 2. The van der Waals surface area contributed by atoms with Crippen LogP contribution >= 0.6 is 11.8 Å². The van der Waals surface area contributed by atoms with Crippen molar-refractivity contribution in [2.75, 3.05) is 17.6 Å². The average Bonchev–Trinajstić information content (AvgIpc) is 3.08. The maximum atomic E-state index is 13.5. The zero-order chi connectivity index (χ0) is 19.4. The number of aromatic nitrogens is 3. The van der Waals surface area contributed by atoms with Crippen molar-refractivity contribution in [1.82, 2.24) is 19.9 Å². The van der Waals surface area contributed by atoms with Gasteiger partial charge in [0.25, 0.3) is 0 Å². The Labute approximate surface area is 155 Å². The molecule has 2 amide bonds. The number of nitrogens with one attached hydrogen (secondary N) is 2. The van der Waals surface area contributed by atoms with Gasteiger partial charge >= 0.3 is 0 Å². The molecule has 11 heteroatoms. The van der Waals surface area contributed by atoms with Crippen LogP contribution in [-0.4, -0.2) is 38.7 Å². The zero-order valence-corrected chi connectivity index (χ0v) is 14.4. The first-order chi connectivity index (χ1) is 13.0. The van der Waals surface area contributed by atoms with Crippen LogP contribution in [0, 0.1) is 17.5 Å². The molecular weight excluding hydrogens is 383 g/mol. The van der Waals surface area contributed by atoms with E-state index in [0.29, 0.717) is 16.9 Å². The number of carbonyl (C=O) groups is 2. The minimum absolute atomic E-state index is 0.0253. The Morgan fingerprint density at radius 1 is 1.04 bits per heavy atom. The van der Waals surface area contributed by atoms with E-state index in [1.807, 2.05) is 0 Å². The molecule has 0 unspecified atom stereocenters. The van der Waals surface area contributed by atoms with Gasteiger partial charge in [-0.2, -0.15) is 0 Å². The van der Waals surface area contributed by atoms with Gasteiger partial charge in [0, 0.05) is 6.20 Å². The maximum Gasteiger partial charge on any atom is 0.243 e. The summed E-state index contributed by atoms with van der Waals surface area (Å²) in [5, 5.41) is 12.8. The largest absolute Gasteiger partial charge is 0.346 e. The zero-order valence-electron chi connectivity index (χ0n) is 13.6. The molecule has 0 aliphatic heterocycles. The first-order valence-electron chi connectivity index (χ1n) is 7.58. The van der Waals surface area contributed by atoms with Crippen LogP contribution in [0.1, 0.15) is 0 Å². The molecule has 0 bridgehead atoms. The second-order valence-electron chi connectivity index (χ2n) is 5.25. The predicted molar refractivity (Wildman–Crippen MR) is 91.7 cm³/mol. The number of fused-ring (bicyclic) bond motifs is 1. The van der Waals surface area contributed by atoms with E-state index in [1.165, 1.54) is 0 Å². The molecule has 0 atom stereocenters. The van der Waals surface area contributed by atoms with E-state index in [9.17, 15) is 22.8 Å². The third-order valence-corrected chi connectivity index (χ3v) is 4.31. The van der Waals surface area contributed by atoms with Crippen molar-refractivity contribution in [3.63, 3.8) is 0 Å². The maximum absolute atomic E-state index is 13.5. The van der Waals surface area contributed by atoms with Crippen LogP contribution in [-0.2, 0) is 9.59 Å². The standard InChI is InChI=1S/C16H12F3N5O2S/c17-9-4-5-10(15(19)14(9)18)21-12(25)7-20-13(26)8-27-16-23-22-11-3-1-2-6-24(11)16/h1-6H,7-8H2,(H,20,26)(H,21,25). The third-order valence-electron chi connectivity index (χ3n) is 3.37. The van der Waals surface area contributed by atoms with Crippen molar-refractivity contribution in [1.29, 1.82) is 0 Å². The van der Waals surface area contributed by atoms with Crippen LogP contribution in [0.2, 0.25) is 0 Å². The lowest BCUT2D eigenvalue weighted by Gasteiger charge is -2.08. The lowest BCUT2D eigenvalue weighted by Crippen LogP contribution is -2.34. The van der Waals surface area contributed by atoms with E-state index >= 15 is 0 Å². The van der Waals surface area contributed by atoms with Crippen molar-refractivity contribution in [2.45, 2.75) is 5.16 Å². The molecule has 3 aromatic rings. The molecule has 1 aromatic carbocycles. The third kappa shape index (κ3) is 4.37. The number of pyridine rings is 1. The summed E-state index contributed by atoms with van der Waals surface area (Å²) in [7, 11) is 0. The monoisotopic (exact) mass is 395 g/mol. The molecule has 0 radical (unpaired) electrons. The summed E-state index contributed by atoms with van der Waals surface area (Å²) in [5.74, 6) is -5.84. The molecule has 0 saturated carbocycles. The van der Waals surface area contributed by atoms with Gasteiger partial charge in [0.05, 0.1) is 18.0 Å². The number of thioether (sulfide) groups is 1. The molecule has 0 fully saturated rings. The smallest absolute Gasteiger partial charge is 0.243 e. The fourth-order valence-electron chi connectivity index (χ4n) is 2.09. The van der Waals surface area contributed by atoms with Crippen molar-refractivity contribution in [2.24, 2.45) is 0 Å². The van der Waals surface area contributed by atoms with Crippen molar-refractivity contribution >= 4 is 34.9 Å². The van der Waals surface area contributed by atoms with E-state index in [2.05, 4.69) is 20.8 Å². The van der Waals surface area contributed by atoms with Gasteiger partial charge in [-0.3, -0.25) is 14.0 Å². The molecule has 2 N–H and O–H groups in total. The van der Waals surface area contributed by atoms with Gasteiger partial charge in [0.15, 0.2) is 28.3 Å². The van der Waals surface area contributed by atoms with Crippen LogP contribution in [0.5, 0.6) is 0 Å². The summed E-state index contributed by atoms with van der Waals surface area (Å²) in [6, 6.07) is 6.94. The Hall–Kier alpha value is -3.08. The molecule has 2 aromatic heterocycles. The highest BCUT2D eigenvalue weighted by Gasteiger charge is 2.16. The number of rotatable bonds is 6. The van der Waals surface area contributed by atoms with Gasteiger partial charge in [-0.05, 0) is 24.3 Å². The summed E-state index contributed by atoms with van der Waals surface area (Å²) in [6.45, 7) is -0.460. The number of halogens is 3. The molecular formula is C16H12F3N5O2S. The minimum Gasteiger partial charge on any atom is -0.346 e. The van der Waals surface area contributed by atoms with Crippen molar-refractivity contribution < 1.29 is 22.8 Å². The normalized spacial score (nSPS) is 10.8. The van der Waals surface area contributed by atoms with Crippen LogP contribution in [0.25, 0.3) is 5.65 Å². The van der Waals surface area contributed by atoms with Crippen LogP contribution in [0.4, 0.5) is 18.9 Å². The average molecular weight is 395 g/mol. The molecule has 0 saturated heterocycles. The topological polar surface area (TPSA) is 88.4 Å². The molecule has 2 heterocycles.